The molecular weight excluding hydrogens is 219 g/mol. The quantitative estimate of drug-likeness (QED) is 0.845. The predicted molar refractivity (Wildman–Crippen MR) is 53.2 cm³/mol. The zero-order valence-electron chi connectivity index (χ0n) is 8.77. The first kappa shape index (κ1) is 11.3. The van der Waals surface area contributed by atoms with Gasteiger partial charge in [0.15, 0.2) is 0 Å². The molecule has 2 rings (SSSR count). The Kier molecular flexibility index (Phi) is 2.80. The minimum atomic E-state index is -4.62. The maximum Gasteiger partial charge on any atom is 0.573 e. The van der Waals surface area contributed by atoms with Crippen LogP contribution in [-0.2, 0) is 6.42 Å². The second-order valence-electron chi connectivity index (χ2n) is 3.75. The summed E-state index contributed by atoms with van der Waals surface area (Å²) in [5, 5.41) is 3.07. The third kappa shape index (κ3) is 2.14. The molecule has 1 aromatic carbocycles. The molecule has 0 aliphatic heterocycles. The molecule has 88 valence electrons. The summed E-state index contributed by atoms with van der Waals surface area (Å²) in [5.41, 5.74) is 1.57. The zero-order chi connectivity index (χ0) is 11.8. The summed E-state index contributed by atoms with van der Waals surface area (Å²) in [4.78, 5) is 0. The maximum absolute atomic E-state index is 12.2. The molecule has 0 bridgehead atoms. The number of halogens is 3. The highest BCUT2D eigenvalue weighted by Gasteiger charge is 2.34. The van der Waals surface area contributed by atoms with E-state index in [4.69, 9.17) is 0 Å². The van der Waals surface area contributed by atoms with Gasteiger partial charge in [0.1, 0.15) is 5.75 Å². The second-order valence-corrected chi connectivity index (χ2v) is 3.75. The van der Waals surface area contributed by atoms with Crippen LogP contribution in [0.1, 0.15) is 23.6 Å². The summed E-state index contributed by atoms with van der Waals surface area (Å²) in [6.45, 7) is 0. The number of alkyl halides is 3. The van der Waals surface area contributed by atoms with Crippen molar-refractivity contribution in [3.05, 3.63) is 29.3 Å². The molecule has 1 aliphatic rings. The van der Waals surface area contributed by atoms with E-state index >= 15 is 0 Å². The molecule has 0 saturated heterocycles. The van der Waals surface area contributed by atoms with Gasteiger partial charge in [0, 0.05) is 6.04 Å². The minimum absolute atomic E-state index is 0.0669. The van der Waals surface area contributed by atoms with Gasteiger partial charge in [0.25, 0.3) is 0 Å². The lowest BCUT2D eigenvalue weighted by atomic mass is 10.1. The molecule has 0 aromatic heterocycles. The van der Waals surface area contributed by atoms with E-state index in [0.29, 0.717) is 12.0 Å². The van der Waals surface area contributed by atoms with Gasteiger partial charge in [-0.05, 0) is 37.1 Å². The van der Waals surface area contributed by atoms with Gasteiger partial charge in [-0.3, -0.25) is 0 Å². The Morgan fingerprint density at radius 3 is 2.75 bits per heavy atom. The summed E-state index contributed by atoms with van der Waals surface area (Å²) >= 11 is 0. The SMILES string of the molecule is CN[C@@H]1CCc2c(OC(F)(F)F)cccc21. The molecule has 0 heterocycles. The Labute approximate surface area is 91.4 Å². The average Bonchev–Trinajstić information content (AvgIpc) is 2.59. The van der Waals surface area contributed by atoms with Crippen LogP contribution in [0.5, 0.6) is 5.75 Å². The molecule has 0 saturated carbocycles. The minimum Gasteiger partial charge on any atom is -0.405 e. The number of nitrogens with one attached hydrogen (secondary N) is 1. The van der Waals surface area contributed by atoms with E-state index in [1.54, 1.807) is 13.1 Å². The number of hydrogen-bond acceptors (Lipinski definition) is 2. The van der Waals surface area contributed by atoms with Crippen molar-refractivity contribution in [3.8, 4) is 5.75 Å². The van der Waals surface area contributed by atoms with Crippen LogP contribution >= 0.6 is 0 Å². The van der Waals surface area contributed by atoms with Crippen LogP contribution in [0.25, 0.3) is 0 Å². The molecule has 1 aromatic rings. The molecule has 0 amide bonds. The van der Waals surface area contributed by atoms with Crippen LogP contribution in [0.4, 0.5) is 13.2 Å². The van der Waals surface area contributed by atoms with Crippen LogP contribution < -0.4 is 10.1 Å². The first-order valence-corrected chi connectivity index (χ1v) is 5.06. The number of rotatable bonds is 2. The highest BCUT2D eigenvalue weighted by atomic mass is 19.4. The Hall–Kier alpha value is -1.23. The Morgan fingerprint density at radius 1 is 1.38 bits per heavy atom. The van der Waals surface area contributed by atoms with Gasteiger partial charge >= 0.3 is 6.36 Å². The standard InChI is InChI=1S/C11H12F3NO/c1-15-9-6-5-8-7(9)3-2-4-10(8)16-11(12,13)14/h2-4,9,15H,5-6H2,1H3/t9-/m1/s1. The molecule has 0 unspecified atom stereocenters. The first-order chi connectivity index (χ1) is 7.51. The van der Waals surface area contributed by atoms with Gasteiger partial charge in [-0.2, -0.15) is 0 Å². The van der Waals surface area contributed by atoms with E-state index in [0.717, 1.165) is 12.0 Å². The van der Waals surface area contributed by atoms with Gasteiger partial charge in [-0.15, -0.1) is 13.2 Å². The lowest BCUT2D eigenvalue weighted by Gasteiger charge is -2.14. The smallest absolute Gasteiger partial charge is 0.405 e. The Balaban J connectivity index is 2.32. The van der Waals surface area contributed by atoms with E-state index in [2.05, 4.69) is 10.1 Å². The van der Waals surface area contributed by atoms with Gasteiger partial charge < -0.3 is 10.1 Å². The van der Waals surface area contributed by atoms with E-state index in [9.17, 15) is 13.2 Å². The van der Waals surface area contributed by atoms with Crippen molar-refractivity contribution in [2.75, 3.05) is 7.05 Å². The maximum atomic E-state index is 12.2. The molecule has 0 fully saturated rings. The molecule has 5 heteroatoms. The second kappa shape index (κ2) is 3.97. The monoisotopic (exact) mass is 231 g/mol. The van der Waals surface area contributed by atoms with Crippen LogP contribution in [0.15, 0.2) is 18.2 Å². The molecule has 2 nitrogen and oxygen atoms in total. The van der Waals surface area contributed by atoms with Gasteiger partial charge in [0.2, 0.25) is 0 Å². The number of ether oxygens (including phenoxy) is 1. The molecule has 1 N–H and O–H groups in total. The zero-order valence-corrected chi connectivity index (χ0v) is 8.77. The van der Waals surface area contributed by atoms with Gasteiger partial charge in [-0.25, -0.2) is 0 Å². The summed E-state index contributed by atoms with van der Waals surface area (Å²) in [6, 6.07) is 4.93. The highest BCUT2D eigenvalue weighted by molar-refractivity contribution is 5.45. The Morgan fingerprint density at radius 2 is 2.12 bits per heavy atom. The fourth-order valence-electron chi connectivity index (χ4n) is 2.14. The van der Waals surface area contributed by atoms with Crippen LogP contribution in [0.3, 0.4) is 0 Å². The summed E-state index contributed by atoms with van der Waals surface area (Å²) in [5.74, 6) is -0.0669. The fourth-order valence-corrected chi connectivity index (χ4v) is 2.14. The van der Waals surface area contributed by atoms with Crippen LogP contribution in [-0.4, -0.2) is 13.4 Å². The molecule has 0 spiro atoms. The average molecular weight is 231 g/mol. The highest BCUT2D eigenvalue weighted by Crippen LogP contribution is 2.38. The van der Waals surface area contributed by atoms with Crippen molar-refractivity contribution in [1.82, 2.24) is 5.32 Å². The Bertz CT molecular complexity index is 389. The molecule has 1 atom stereocenters. The number of fused-ring (bicyclic) bond motifs is 1. The number of benzene rings is 1. The molecule has 1 aliphatic carbocycles. The van der Waals surface area contributed by atoms with E-state index < -0.39 is 6.36 Å². The summed E-state index contributed by atoms with van der Waals surface area (Å²) in [7, 11) is 1.80. The van der Waals surface area contributed by atoms with E-state index in [1.807, 2.05) is 6.07 Å². The van der Waals surface area contributed by atoms with Crippen LogP contribution in [0.2, 0.25) is 0 Å². The van der Waals surface area contributed by atoms with Crippen molar-refractivity contribution in [2.45, 2.75) is 25.2 Å². The predicted octanol–water partition coefficient (Wildman–Crippen LogP) is 2.79. The largest absolute Gasteiger partial charge is 0.573 e. The third-order valence-electron chi connectivity index (χ3n) is 2.80. The lowest BCUT2D eigenvalue weighted by molar-refractivity contribution is -0.274. The summed E-state index contributed by atoms with van der Waals surface area (Å²) in [6.07, 6.45) is -3.19. The normalized spacial score (nSPS) is 19.6. The molecular formula is C11H12F3NO. The van der Waals surface area contributed by atoms with Crippen molar-refractivity contribution < 1.29 is 17.9 Å². The molecule has 16 heavy (non-hydrogen) atoms. The topological polar surface area (TPSA) is 21.3 Å². The van der Waals surface area contributed by atoms with E-state index in [-0.39, 0.29) is 11.8 Å². The van der Waals surface area contributed by atoms with Crippen molar-refractivity contribution in [1.29, 1.82) is 0 Å². The van der Waals surface area contributed by atoms with Crippen molar-refractivity contribution in [3.63, 3.8) is 0 Å². The van der Waals surface area contributed by atoms with Crippen molar-refractivity contribution in [2.24, 2.45) is 0 Å². The summed E-state index contributed by atoms with van der Waals surface area (Å²) < 4.78 is 40.5. The fraction of sp³-hybridized carbons (Fsp3) is 0.455. The van der Waals surface area contributed by atoms with Gasteiger partial charge in [-0.1, -0.05) is 12.1 Å². The molecule has 0 radical (unpaired) electrons. The number of hydrogen-bond donors (Lipinski definition) is 1. The van der Waals surface area contributed by atoms with Gasteiger partial charge in [0.05, 0.1) is 0 Å². The first-order valence-electron chi connectivity index (χ1n) is 5.06. The van der Waals surface area contributed by atoms with Crippen LogP contribution in [0, 0.1) is 0 Å². The third-order valence-corrected chi connectivity index (χ3v) is 2.80. The van der Waals surface area contributed by atoms with E-state index in [1.165, 1.54) is 6.07 Å². The van der Waals surface area contributed by atoms with Crippen molar-refractivity contribution >= 4 is 0 Å². The lowest BCUT2D eigenvalue weighted by Crippen LogP contribution is -2.18.